The van der Waals surface area contributed by atoms with Crippen molar-refractivity contribution in [2.45, 2.75) is 0 Å². The fourth-order valence-electron chi connectivity index (χ4n) is 1.70. The molecule has 0 saturated carbocycles. The second kappa shape index (κ2) is 6.38. The number of benzene rings is 2. The smallest absolute Gasteiger partial charge is 0.323 e. The van der Waals surface area contributed by atoms with Crippen molar-refractivity contribution < 1.29 is 14.5 Å². The molecule has 2 amide bonds. The van der Waals surface area contributed by atoms with Crippen LogP contribution in [0, 0.1) is 10.1 Å². The van der Waals surface area contributed by atoms with Crippen LogP contribution in [-0.4, -0.2) is 18.1 Å². The molecular weight excluding hydrogens is 274 g/mol. The lowest BCUT2D eigenvalue weighted by molar-refractivity contribution is -0.384. The fraction of sp³-hybridized carbons (Fsp3) is 0.0714. The van der Waals surface area contributed by atoms with Gasteiger partial charge in [-0.25, -0.2) is 4.79 Å². The molecule has 0 aromatic heterocycles. The number of nitro benzene ring substituents is 1. The summed E-state index contributed by atoms with van der Waals surface area (Å²) in [4.78, 5) is 21.9. The van der Waals surface area contributed by atoms with Crippen molar-refractivity contribution >= 4 is 23.1 Å². The summed E-state index contributed by atoms with van der Waals surface area (Å²) in [6.07, 6.45) is 0. The Morgan fingerprint density at radius 3 is 2.38 bits per heavy atom. The Hall–Kier alpha value is -3.09. The molecule has 0 aliphatic heterocycles. The van der Waals surface area contributed by atoms with E-state index in [1.165, 1.54) is 31.4 Å². The first-order chi connectivity index (χ1) is 10.1. The maximum Gasteiger partial charge on any atom is 0.323 e. The Kier molecular flexibility index (Phi) is 4.35. The molecule has 2 rings (SSSR count). The third kappa shape index (κ3) is 3.69. The number of urea groups is 1. The molecule has 0 heterocycles. The lowest BCUT2D eigenvalue weighted by atomic mass is 10.3. The number of nitro groups is 1. The standard InChI is InChI=1S/C14H13N3O4/c1-21-13-5-3-2-4-12(13)16-14(18)15-10-6-8-11(9-7-10)17(19)20/h2-9H,1H3,(H2,15,16,18). The van der Waals surface area contributed by atoms with E-state index in [-0.39, 0.29) is 5.69 Å². The molecule has 0 atom stereocenters. The maximum atomic E-state index is 11.9. The molecular formula is C14H13N3O4. The number of para-hydroxylation sites is 2. The number of hydrogen-bond donors (Lipinski definition) is 2. The van der Waals surface area contributed by atoms with Gasteiger partial charge in [-0.1, -0.05) is 12.1 Å². The van der Waals surface area contributed by atoms with E-state index in [1.807, 2.05) is 0 Å². The molecule has 0 unspecified atom stereocenters. The SMILES string of the molecule is COc1ccccc1NC(=O)Nc1ccc([N+](=O)[O-])cc1. The topological polar surface area (TPSA) is 93.5 Å². The van der Waals surface area contributed by atoms with Crippen molar-refractivity contribution in [2.24, 2.45) is 0 Å². The summed E-state index contributed by atoms with van der Waals surface area (Å²) in [7, 11) is 1.51. The van der Waals surface area contributed by atoms with Gasteiger partial charge in [-0.3, -0.25) is 10.1 Å². The quantitative estimate of drug-likeness (QED) is 0.666. The van der Waals surface area contributed by atoms with Gasteiger partial charge in [-0.2, -0.15) is 0 Å². The Balaban J connectivity index is 2.03. The minimum Gasteiger partial charge on any atom is -0.495 e. The molecule has 0 aliphatic carbocycles. The second-order valence-corrected chi connectivity index (χ2v) is 4.08. The van der Waals surface area contributed by atoms with E-state index in [2.05, 4.69) is 10.6 Å². The molecule has 2 aromatic carbocycles. The first-order valence-corrected chi connectivity index (χ1v) is 6.05. The van der Waals surface area contributed by atoms with Crippen LogP contribution in [0.1, 0.15) is 0 Å². The van der Waals surface area contributed by atoms with E-state index < -0.39 is 11.0 Å². The number of non-ortho nitro benzene ring substituents is 1. The van der Waals surface area contributed by atoms with Gasteiger partial charge in [-0.15, -0.1) is 0 Å². The Labute approximate surface area is 120 Å². The molecule has 2 aromatic rings. The number of ether oxygens (including phenoxy) is 1. The molecule has 0 bridgehead atoms. The molecule has 2 N–H and O–H groups in total. The molecule has 0 saturated heterocycles. The average molecular weight is 287 g/mol. The van der Waals surface area contributed by atoms with Gasteiger partial charge in [-0.05, 0) is 24.3 Å². The summed E-state index contributed by atoms with van der Waals surface area (Å²) in [6, 6.07) is 12.1. The summed E-state index contributed by atoms with van der Waals surface area (Å²) in [5, 5.41) is 15.8. The second-order valence-electron chi connectivity index (χ2n) is 4.08. The number of nitrogens with zero attached hydrogens (tertiary/aromatic N) is 1. The van der Waals surface area contributed by atoms with Gasteiger partial charge >= 0.3 is 6.03 Å². The van der Waals surface area contributed by atoms with Gasteiger partial charge < -0.3 is 15.4 Å². The predicted molar refractivity (Wildman–Crippen MR) is 78.7 cm³/mol. The van der Waals surface area contributed by atoms with Crippen molar-refractivity contribution in [3.8, 4) is 5.75 Å². The normalized spacial score (nSPS) is 9.76. The van der Waals surface area contributed by atoms with Crippen molar-refractivity contribution in [3.05, 3.63) is 58.6 Å². The van der Waals surface area contributed by atoms with E-state index in [1.54, 1.807) is 24.3 Å². The number of nitrogens with one attached hydrogen (secondary N) is 2. The molecule has 21 heavy (non-hydrogen) atoms. The third-order valence-corrected chi connectivity index (χ3v) is 2.69. The lowest BCUT2D eigenvalue weighted by Gasteiger charge is -2.10. The fourth-order valence-corrected chi connectivity index (χ4v) is 1.70. The number of methoxy groups -OCH3 is 1. The monoisotopic (exact) mass is 287 g/mol. The van der Waals surface area contributed by atoms with Gasteiger partial charge in [0.1, 0.15) is 5.75 Å². The molecule has 108 valence electrons. The number of anilines is 2. The van der Waals surface area contributed by atoms with Gasteiger partial charge in [0.15, 0.2) is 0 Å². The summed E-state index contributed by atoms with van der Waals surface area (Å²) < 4.78 is 5.12. The Morgan fingerprint density at radius 1 is 1.10 bits per heavy atom. The van der Waals surface area contributed by atoms with Crippen molar-refractivity contribution in [3.63, 3.8) is 0 Å². The highest BCUT2D eigenvalue weighted by molar-refractivity contribution is 6.00. The zero-order chi connectivity index (χ0) is 15.2. The van der Waals surface area contributed by atoms with Crippen LogP contribution in [0.25, 0.3) is 0 Å². The van der Waals surface area contributed by atoms with Gasteiger partial charge in [0.05, 0.1) is 17.7 Å². The van der Waals surface area contributed by atoms with E-state index in [9.17, 15) is 14.9 Å². The number of rotatable bonds is 4. The van der Waals surface area contributed by atoms with Crippen LogP contribution in [0.4, 0.5) is 21.9 Å². The number of hydrogen-bond acceptors (Lipinski definition) is 4. The summed E-state index contributed by atoms with van der Waals surface area (Å²) in [5.41, 5.74) is 0.943. The number of carbonyl (C=O) groups is 1. The number of amides is 2. The molecule has 7 nitrogen and oxygen atoms in total. The van der Waals surface area contributed by atoms with Gasteiger partial charge in [0.25, 0.3) is 5.69 Å². The molecule has 0 spiro atoms. The maximum absolute atomic E-state index is 11.9. The molecule has 0 aliphatic rings. The first-order valence-electron chi connectivity index (χ1n) is 6.05. The van der Waals surface area contributed by atoms with E-state index in [0.29, 0.717) is 17.1 Å². The summed E-state index contributed by atoms with van der Waals surface area (Å²) in [6.45, 7) is 0. The summed E-state index contributed by atoms with van der Waals surface area (Å²) in [5.74, 6) is 0.538. The number of carbonyl (C=O) groups excluding carboxylic acids is 1. The Bertz CT molecular complexity index is 656. The van der Waals surface area contributed by atoms with Gasteiger partial charge in [0.2, 0.25) is 0 Å². The highest BCUT2D eigenvalue weighted by atomic mass is 16.6. The van der Waals surface area contributed by atoms with Crippen LogP contribution in [0.15, 0.2) is 48.5 Å². The largest absolute Gasteiger partial charge is 0.495 e. The zero-order valence-corrected chi connectivity index (χ0v) is 11.2. The molecule has 0 fully saturated rings. The highest BCUT2D eigenvalue weighted by Gasteiger charge is 2.08. The van der Waals surface area contributed by atoms with Crippen LogP contribution in [0.2, 0.25) is 0 Å². The van der Waals surface area contributed by atoms with Gasteiger partial charge in [0, 0.05) is 17.8 Å². The van der Waals surface area contributed by atoms with Crippen LogP contribution >= 0.6 is 0 Å². The van der Waals surface area contributed by atoms with Crippen molar-refractivity contribution in [2.75, 3.05) is 17.7 Å². The first kappa shape index (κ1) is 14.3. The highest BCUT2D eigenvalue weighted by Crippen LogP contribution is 2.23. The molecule has 7 heteroatoms. The van der Waals surface area contributed by atoms with Crippen LogP contribution in [-0.2, 0) is 0 Å². The minimum atomic E-state index is -0.501. The predicted octanol–water partition coefficient (Wildman–Crippen LogP) is 3.25. The third-order valence-electron chi connectivity index (χ3n) is 2.69. The van der Waals surface area contributed by atoms with Crippen LogP contribution < -0.4 is 15.4 Å². The van der Waals surface area contributed by atoms with Crippen LogP contribution in [0.5, 0.6) is 5.75 Å². The van der Waals surface area contributed by atoms with E-state index >= 15 is 0 Å². The molecule has 0 radical (unpaired) electrons. The lowest BCUT2D eigenvalue weighted by Crippen LogP contribution is -2.19. The average Bonchev–Trinajstić information content (AvgIpc) is 2.48. The van der Waals surface area contributed by atoms with Crippen molar-refractivity contribution in [1.29, 1.82) is 0 Å². The van der Waals surface area contributed by atoms with Crippen LogP contribution in [0.3, 0.4) is 0 Å². The summed E-state index contributed by atoms with van der Waals surface area (Å²) >= 11 is 0. The van der Waals surface area contributed by atoms with E-state index in [0.717, 1.165) is 0 Å². The zero-order valence-electron chi connectivity index (χ0n) is 11.2. The van der Waals surface area contributed by atoms with E-state index in [4.69, 9.17) is 4.74 Å². The Morgan fingerprint density at radius 2 is 1.76 bits per heavy atom. The minimum absolute atomic E-state index is 0.0364. The van der Waals surface area contributed by atoms with Crippen molar-refractivity contribution in [1.82, 2.24) is 0 Å².